The Hall–Kier alpha value is -1.27. The lowest BCUT2D eigenvalue weighted by atomic mass is 10.4. The van der Waals surface area contributed by atoms with Crippen molar-refractivity contribution in [3.8, 4) is 0 Å². The van der Waals surface area contributed by atoms with Crippen molar-refractivity contribution in [2.45, 2.75) is 17.7 Å². The van der Waals surface area contributed by atoms with Crippen LogP contribution in [0.3, 0.4) is 0 Å². The maximum atomic E-state index is 12.8. The standard InChI is InChI=1S/C17H26FN3OS/c1-19-17(21(2)10-11-22-13-14-3-4-14)20-9-12-23-16-7-5-15(18)6-8-16/h5-8,14H,3-4,9-13H2,1-2H3,(H,19,20). The smallest absolute Gasteiger partial charge is 0.193 e. The van der Waals surface area contributed by atoms with E-state index in [4.69, 9.17) is 4.74 Å². The second-order valence-corrected chi connectivity index (χ2v) is 6.88. The third-order valence-electron chi connectivity index (χ3n) is 3.66. The molecule has 1 aromatic rings. The summed E-state index contributed by atoms with van der Waals surface area (Å²) in [6.07, 6.45) is 2.65. The highest BCUT2D eigenvalue weighted by Gasteiger charge is 2.21. The lowest BCUT2D eigenvalue weighted by Crippen LogP contribution is -2.41. The number of likely N-dealkylation sites (N-methyl/N-ethyl adjacent to an activating group) is 1. The zero-order valence-corrected chi connectivity index (χ0v) is 14.7. The maximum Gasteiger partial charge on any atom is 0.193 e. The van der Waals surface area contributed by atoms with E-state index in [-0.39, 0.29) is 5.82 Å². The van der Waals surface area contributed by atoms with Gasteiger partial charge in [0.2, 0.25) is 0 Å². The van der Waals surface area contributed by atoms with Crippen LogP contribution >= 0.6 is 11.8 Å². The van der Waals surface area contributed by atoms with Gasteiger partial charge < -0.3 is 15.0 Å². The molecule has 128 valence electrons. The highest BCUT2D eigenvalue weighted by atomic mass is 32.2. The fraction of sp³-hybridized carbons (Fsp3) is 0.588. The van der Waals surface area contributed by atoms with Gasteiger partial charge in [-0.15, -0.1) is 11.8 Å². The number of thioether (sulfide) groups is 1. The number of halogens is 1. The van der Waals surface area contributed by atoms with E-state index in [0.717, 1.165) is 48.8 Å². The van der Waals surface area contributed by atoms with Gasteiger partial charge in [-0.3, -0.25) is 4.99 Å². The highest BCUT2D eigenvalue weighted by molar-refractivity contribution is 7.99. The Morgan fingerprint density at radius 3 is 2.78 bits per heavy atom. The first-order valence-corrected chi connectivity index (χ1v) is 9.05. The van der Waals surface area contributed by atoms with Crippen LogP contribution in [0.15, 0.2) is 34.2 Å². The number of guanidine groups is 1. The van der Waals surface area contributed by atoms with Crippen molar-refractivity contribution in [3.05, 3.63) is 30.1 Å². The van der Waals surface area contributed by atoms with E-state index in [2.05, 4.69) is 15.2 Å². The molecule has 0 unspecified atom stereocenters. The molecule has 1 saturated carbocycles. The summed E-state index contributed by atoms with van der Waals surface area (Å²) in [5.74, 6) is 2.38. The van der Waals surface area contributed by atoms with Crippen molar-refractivity contribution in [1.29, 1.82) is 0 Å². The van der Waals surface area contributed by atoms with Crippen LogP contribution in [0.4, 0.5) is 4.39 Å². The summed E-state index contributed by atoms with van der Waals surface area (Å²) < 4.78 is 18.5. The SMILES string of the molecule is CN=C(NCCSc1ccc(F)cc1)N(C)CCOCC1CC1. The molecule has 6 heteroatoms. The molecule has 1 N–H and O–H groups in total. The van der Waals surface area contributed by atoms with Crippen molar-refractivity contribution in [3.63, 3.8) is 0 Å². The van der Waals surface area contributed by atoms with Gasteiger partial charge in [0.05, 0.1) is 6.61 Å². The predicted molar refractivity (Wildman–Crippen MR) is 94.7 cm³/mol. The zero-order chi connectivity index (χ0) is 16.5. The van der Waals surface area contributed by atoms with Crippen LogP contribution < -0.4 is 5.32 Å². The second-order valence-electron chi connectivity index (χ2n) is 5.72. The van der Waals surface area contributed by atoms with Gasteiger partial charge >= 0.3 is 0 Å². The quantitative estimate of drug-likeness (QED) is 0.325. The van der Waals surface area contributed by atoms with Gasteiger partial charge in [0.1, 0.15) is 5.82 Å². The molecule has 23 heavy (non-hydrogen) atoms. The van der Waals surface area contributed by atoms with Crippen molar-refractivity contribution >= 4 is 17.7 Å². The third-order valence-corrected chi connectivity index (χ3v) is 4.68. The summed E-state index contributed by atoms with van der Waals surface area (Å²) in [5.41, 5.74) is 0. The number of nitrogens with zero attached hydrogens (tertiary/aromatic N) is 2. The minimum absolute atomic E-state index is 0.196. The summed E-state index contributed by atoms with van der Waals surface area (Å²) in [6.45, 7) is 3.27. The van der Waals surface area contributed by atoms with Crippen molar-refractivity contribution in [2.24, 2.45) is 10.9 Å². The van der Waals surface area contributed by atoms with Crippen LogP contribution in [0.25, 0.3) is 0 Å². The lowest BCUT2D eigenvalue weighted by molar-refractivity contribution is 0.115. The molecule has 1 aromatic carbocycles. The first kappa shape index (κ1) is 18.1. The van der Waals surface area contributed by atoms with E-state index in [1.807, 2.05) is 7.05 Å². The van der Waals surface area contributed by atoms with Gasteiger partial charge in [0, 0.05) is 44.4 Å². The van der Waals surface area contributed by atoms with Crippen molar-refractivity contribution in [1.82, 2.24) is 10.2 Å². The first-order valence-electron chi connectivity index (χ1n) is 8.07. The molecule has 1 aliphatic rings. The Bertz CT molecular complexity index is 491. The number of aliphatic imine (C=N–C) groups is 1. The Kier molecular flexibility index (Phi) is 7.68. The molecule has 1 aliphatic carbocycles. The molecule has 0 radical (unpaired) electrons. The molecule has 0 saturated heterocycles. The minimum Gasteiger partial charge on any atom is -0.379 e. The average Bonchev–Trinajstić information content (AvgIpc) is 3.37. The summed E-state index contributed by atoms with van der Waals surface area (Å²) in [6, 6.07) is 6.59. The van der Waals surface area contributed by atoms with Crippen LogP contribution in [0.5, 0.6) is 0 Å². The fourth-order valence-electron chi connectivity index (χ4n) is 2.09. The van der Waals surface area contributed by atoms with E-state index >= 15 is 0 Å². The average molecular weight is 339 g/mol. The number of rotatable bonds is 9. The van der Waals surface area contributed by atoms with Gasteiger partial charge in [0.25, 0.3) is 0 Å². The van der Waals surface area contributed by atoms with Gasteiger partial charge in [-0.05, 0) is 43.0 Å². The lowest BCUT2D eigenvalue weighted by Gasteiger charge is -2.22. The van der Waals surface area contributed by atoms with Gasteiger partial charge in [-0.2, -0.15) is 0 Å². The number of nitrogens with one attached hydrogen (secondary N) is 1. The molecule has 1 fully saturated rings. The fourth-order valence-corrected chi connectivity index (χ4v) is 2.86. The molecular weight excluding hydrogens is 313 g/mol. The molecule has 0 amide bonds. The number of ether oxygens (including phenoxy) is 1. The maximum absolute atomic E-state index is 12.8. The third kappa shape index (κ3) is 7.22. The molecule has 4 nitrogen and oxygen atoms in total. The van der Waals surface area contributed by atoms with Crippen LogP contribution in [0.2, 0.25) is 0 Å². The Morgan fingerprint density at radius 1 is 1.39 bits per heavy atom. The molecule has 0 heterocycles. The summed E-state index contributed by atoms with van der Waals surface area (Å²) in [4.78, 5) is 7.44. The van der Waals surface area contributed by atoms with E-state index in [1.165, 1.54) is 25.0 Å². The second kappa shape index (κ2) is 9.78. The summed E-state index contributed by atoms with van der Waals surface area (Å²) in [7, 11) is 3.81. The number of benzene rings is 1. The monoisotopic (exact) mass is 339 g/mol. The molecule has 0 atom stereocenters. The van der Waals surface area contributed by atoms with Gasteiger partial charge in [-0.25, -0.2) is 4.39 Å². The summed E-state index contributed by atoms with van der Waals surface area (Å²) in [5, 5.41) is 3.34. The van der Waals surface area contributed by atoms with Crippen LogP contribution in [-0.4, -0.2) is 57.0 Å². The number of hydrogen-bond donors (Lipinski definition) is 1. The number of hydrogen-bond acceptors (Lipinski definition) is 3. The van der Waals surface area contributed by atoms with Crippen LogP contribution in [0, 0.1) is 11.7 Å². The molecule has 0 bridgehead atoms. The predicted octanol–water partition coefficient (Wildman–Crippen LogP) is 2.85. The molecule has 2 rings (SSSR count). The van der Waals surface area contributed by atoms with E-state index in [9.17, 15) is 4.39 Å². The van der Waals surface area contributed by atoms with Gasteiger partial charge in [0.15, 0.2) is 5.96 Å². The van der Waals surface area contributed by atoms with Crippen LogP contribution in [0.1, 0.15) is 12.8 Å². The molecule has 0 spiro atoms. The highest BCUT2D eigenvalue weighted by Crippen LogP contribution is 2.28. The normalized spacial score (nSPS) is 14.8. The first-order chi connectivity index (χ1) is 11.2. The van der Waals surface area contributed by atoms with E-state index in [1.54, 1.807) is 30.9 Å². The molecule has 0 aliphatic heterocycles. The Balaban J connectivity index is 1.58. The topological polar surface area (TPSA) is 36.9 Å². The Labute approximate surface area is 142 Å². The van der Waals surface area contributed by atoms with Crippen molar-refractivity contribution in [2.75, 3.05) is 46.2 Å². The Morgan fingerprint density at radius 2 is 2.13 bits per heavy atom. The van der Waals surface area contributed by atoms with E-state index < -0.39 is 0 Å². The largest absolute Gasteiger partial charge is 0.379 e. The zero-order valence-electron chi connectivity index (χ0n) is 13.9. The van der Waals surface area contributed by atoms with Crippen LogP contribution in [-0.2, 0) is 4.74 Å². The van der Waals surface area contributed by atoms with Gasteiger partial charge in [-0.1, -0.05) is 0 Å². The van der Waals surface area contributed by atoms with Crippen molar-refractivity contribution < 1.29 is 9.13 Å². The minimum atomic E-state index is -0.196. The molecule has 0 aromatic heterocycles. The summed E-state index contributed by atoms with van der Waals surface area (Å²) >= 11 is 1.70. The molecular formula is C17H26FN3OS. The van der Waals surface area contributed by atoms with E-state index in [0.29, 0.717) is 0 Å².